The van der Waals surface area contributed by atoms with Gasteiger partial charge in [-0.15, -0.1) is 10.2 Å². The number of hydrogen-bond donors (Lipinski definition) is 0. The molecule has 1 aliphatic heterocycles. The van der Waals surface area contributed by atoms with E-state index in [-0.39, 0.29) is 11.9 Å². The standard InChI is InChI=1S/C19H25N5O/c1-22(13-17-20-21-18(23(17)2)14-10-11-14)16-9-6-12-24(19(16)25)15-7-4-3-5-8-15/h3-5,7-8,14,16H,6,9-13H2,1-2H3/t16-/m0/s1. The molecule has 0 unspecified atom stereocenters. The Kier molecular flexibility index (Phi) is 4.29. The third-order valence-corrected chi connectivity index (χ3v) is 5.34. The summed E-state index contributed by atoms with van der Waals surface area (Å²) in [5.41, 5.74) is 0.986. The van der Waals surface area contributed by atoms with Crippen LogP contribution in [0.15, 0.2) is 30.3 Å². The molecule has 0 spiro atoms. The highest BCUT2D eigenvalue weighted by atomic mass is 16.2. The van der Waals surface area contributed by atoms with Crippen molar-refractivity contribution in [3.05, 3.63) is 42.0 Å². The second kappa shape index (κ2) is 6.59. The minimum absolute atomic E-state index is 0.102. The van der Waals surface area contributed by atoms with Crippen molar-refractivity contribution < 1.29 is 4.79 Å². The van der Waals surface area contributed by atoms with Gasteiger partial charge in [-0.2, -0.15) is 0 Å². The van der Waals surface area contributed by atoms with E-state index in [4.69, 9.17) is 0 Å². The van der Waals surface area contributed by atoms with E-state index in [2.05, 4.69) is 19.7 Å². The van der Waals surface area contributed by atoms with Crippen LogP contribution in [0.1, 0.15) is 43.3 Å². The number of hydrogen-bond acceptors (Lipinski definition) is 4. The Balaban J connectivity index is 1.47. The molecule has 1 saturated heterocycles. The smallest absolute Gasteiger partial charge is 0.244 e. The first-order valence-corrected chi connectivity index (χ1v) is 9.10. The Labute approximate surface area is 148 Å². The van der Waals surface area contributed by atoms with Gasteiger partial charge in [0.2, 0.25) is 5.91 Å². The van der Waals surface area contributed by atoms with Crippen molar-refractivity contribution in [2.24, 2.45) is 7.05 Å². The first kappa shape index (κ1) is 16.3. The lowest BCUT2D eigenvalue weighted by molar-refractivity contribution is -0.125. The van der Waals surface area contributed by atoms with Crippen molar-refractivity contribution >= 4 is 11.6 Å². The van der Waals surface area contributed by atoms with E-state index in [0.717, 1.165) is 36.7 Å². The van der Waals surface area contributed by atoms with Crippen LogP contribution in [0.25, 0.3) is 0 Å². The van der Waals surface area contributed by atoms with Crippen LogP contribution in [0.4, 0.5) is 5.69 Å². The maximum Gasteiger partial charge on any atom is 0.244 e. The van der Waals surface area contributed by atoms with Gasteiger partial charge in [-0.25, -0.2) is 0 Å². The maximum absolute atomic E-state index is 13.0. The second-order valence-corrected chi connectivity index (χ2v) is 7.21. The van der Waals surface area contributed by atoms with Gasteiger partial charge in [-0.05, 0) is 44.9 Å². The Bertz CT molecular complexity index is 752. The van der Waals surface area contributed by atoms with Gasteiger partial charge in [0, 0.05) is 25.2 Å². The van der Waals surface area contributed by atoms with Gasteiger partial charge in [0.05, 0.1) is 12.6 Å². The van der Waals surface area contributed by atoms with Gasteiger partial charge in [-0.3, -0.25) is 9.69 Å². The topological polar surface area (TPSA) is 54.3 Å². The minimum Gasteiger partial charge on any atom is -0.317 e. The lowest BCUT2D eigenvalue weighted by atomic mass is 10.0. The van der Waals surface area contributed by atoms with E-state index in [1.165, 1.54) is 12.8 Å². The largest absolute Gasteiger partial charge is 0.317 e. The summed E-state index contributed by atoms with van der Waals surface area (Å²) < 4.78 is 2.11. The van der Waals surface area contributed by atoms with Crippen molar-refractivity contribution in [3.8, 4) is 0 Å². The number of carbonyl (C=O) groups excluding carboxylic acids is 1. The molecule has 1 saturated carbocycles. The fourth-order valence-corrected chi connectivity index (χ4v) is 3.67. The summed E-state index contributed by atoms with van der Waals surface area (Å²) in [6.45, 7) is 1.44. The molecule has 2 aliphatic rings. The first-order chi connectivity index (χ1) is 12.1. The molecule has 1 amide bonds. The molecule has 25 heavy (non-hydrogen) atoms. The van der Waals surface area contributed by atoms with Gasteiger partial charge < -0.3 is 9.47 Å². The molecule has 132 valence electrons. The Hall–Kier alpha value is -2.21. The second-order valence-electron chi connectivity index (χ2n) is 7.21. The third-order valence-electron chi connectivity index (χ3n) is 5.34. The molecule has 0 N–H and O–H groups in total. The molecule has 1 aromatic heterocycles. The average Bonchev–Trinajstić information content (AvgIpc) is 3.41. The maximum atomic E-state index is 13.0. The van der Waals surface area contributed by atoms with Crippen LogP contribution in [0.3, 0.4) is 0 Å². The SMILES string of the molecule is CN(Cc1nnc(C2CC2)n1C)[C@H]1CCCN(c2ccccc2)C1=O. The minimum atomic E-state index is -0.102. The summed E-state index contributed by atoms with van der Waals surface area (Å²) in [6.07, 6.45) is 4.34. The fourth-order valence-electron chi connectivity index (χ4n) is 3.67. The van der Waals surface area contributed by atoms with Crippen molar-refractivity contribution in [3.63, 3.8) is 0 Å². The van der Waals surface area contributed by atoms with Crippen LogP contribution in [0.5, 0.6) is 0 Å². The molecule has 0 bridgehead atoms. The van der Waals surface area contributed by atoms with Gasteiger partial charge in [-0.1, -0.05) is 18.2 Å². The van der Waals surface area contributed by atoms with Crippen LogP contribution in [0.2, 0.25) is 0 Å². The Morgan fingerprint density at radius 2 is 1.92 bits per heavy atom. The fraction of sp³-hybridized carbons (Fsp3) is 0.526. The molecule has 6 nitrogen and oxygen atoms in total. The lowest BCUT2D eigenvalue weighted by Crippen LogP contribution is -2.51. The number of benzene rings is 1. The monoisotopic (exact) mass is 339 g/mol. The zero-order chi connectivity index (χ0) is 17.4. The van der Waals surface area contributed by atoms with Crippen LogP contribution >= 0.6 is 0 Å². The van der Waals surface area contributed by atoms with E-state index in [1.54, 1.807) is 0 Å². The number of rotatable bonds is 5. The molecule has 6 heteroatoms. The Morgan fingerprint density at radius 1 is 1.16 bits per heavy atom. The van der Waals surface area contributed by atoms with Gasteiger partial charge in [0.15, 0.2) is 0 Å². The predicted molar refractivity (Wildman–Crippen MR) is 96.3 cm³/mol. The molecule has 2 heterocycles. The van der Waals surface area contributed by atoms with E-state index < -0.39 is 0 Å². The summed E-state index contributed by atoms with van der Waals surface area (Å²) in [5.74, 6) is 2.80. The van der Waals surface area contributed by atoms with Crippen molar-refractivity contribution in [1.82, 2.24) is 19.7 Å². The molecule has 1 atom stereocenters. The van der Waals surface area contributed by atoms with Gasteiger partial charge in [0.1, 0.15) is 11.6 Å². The molecule has 2 aromatic rings. The van der Waals surface area contributed by atoms with E-state index in [9.17, 15) is 4.79 Å². The highest BCUT2D eigenvalue weighted by molar-refractivity contribution is 5.97. The number of piperidine rings is 1. The molecule has 0 radical (unpaired) electrons. The van der Waals surface area contributed by atoms with E-state index in [1.807, 2.05) is 49.3 Å². The lowest BCUT2D eigenvalue weighted by Gasteiger charge is -2.36. The number of para-hydroxylation sites is 1. The summed E-state index contributed by atoms with van der Waals surface area (Å²) in [4.78, 5) is 17.0. The van der Waals surface area contributed by atoms with Crippen molar-refractivity contribution in [2.75, 3.05) is 18.5 Å². The summed E-state index contributed by atoms with van der Waals surface area (Å²) in [5, 5.41) is 8.71. The number of anilines is 1. The zero-order valence-corrected chi connectivity index (χ0v) is 14.9. The van der Waals surface area contributed by atoms with E-state index in [0.29, 0.717) is 12.5 Å². The normalized spacial score (nSPS) is 21.2. The third kappa shape index (κ3) is 3.18. The highest BCUT2D eigenvalue weighted by Gasteiger charge is 2.34. The van der Waals surface area contributed by atoms with E-state index >= 15 is 0 Å². The molecule has 1 aromatic carbocycles. The molecular formula is C19H25N5O. The Morgan fingerprint density at radius 3 is 2.64 bits per heavy atom. The number of amides is 1. The molecular weight excluding hydrogens is 314 g/mol. The van der Waals surface area contributed by atoms with Gasteiger partial charge >= 0.3 is 0 Å². The van der Waals surface area contributed by atoms with Crippen LogP contribution in [-0.2, 0) is 18.4 Å². The molecule has 4 rings (SSSR count). The number of nitrogens with zero attached hydrogens (tertiary/aromatic N) is 5. The summed E-state index contributed by atoms with van der Waals surface area (Å²) >= 11 is 0. The zero-order valence-electron chi connectivity index (χ0n) is 14.9. The average molecular weight is 339 g/mol. The van der Waals surface area contributed by atoms with Crippen molar-refractivity contribution in [2.45, 2.75) is 44.2 Å². The van der Waals surface area contributed by atoms with Crippen molar-refractivity contribution in [1.29, 1.82) is 0 Å². The van der Waals surface area contributed by atoms with Crippen LogP contribution in [-0.4, -0.2) is 45.2 Å². The highest BCUT2D eigenvalue weighted by Crippen LogP contribution is 2.38. The van der Waals surface area contributed by atoms with Crippen LogP contribution < -0.4 is 4.90 Å². The number of aromatic nitrogens is 3. The predicted octanol–water partition coefficient (Wildman–Crippen LogP) is 2.32. The molecule has 2 fully saturated rings. The summed E-state index contributed by atoms with van der Waals surface area (Å²) in [6, 6.07) is 9.85. The summed E-state index contributed by atoms with van der Waals surface area (Å²) in [7, 11) is 4.05. The van der Waals surface area contributed by atoms with Crippen LogP contribution in [0, 0.1) is 0 Å². The molecule has 1 aliphatic carbocycles. The number of likely N-dealkylation sites (N-methyl/N-ethyl adjacent to an activating group) is 1. The quantitative estimate of drug-likeness (QED) is 0.839. The van der Waals surface area contributed by atoms with Gasteiger partial charge in [0.25, 0.3) is 0 Å². The number of carbonyl (C=O) groups is 1. The first-order valence-electron chi connectivity index (χ1n) is 9.10.